The average molecular weight is 428 g/mol. The Morgan fingerprint density at radius 1 is 1.27 bits per heavy atom. The fourth-order valence-electron chi connectivity index (χ4n) is 3.24. The summed E-state index contributed by atoms with van der Waals surface area (Å²) in [6.07, 6.45) is 1.51. The van der Waals surface area contributed by atoms with E-state index in [-0.39, 0.29) is 12.1 Å². The van der Waals surface area contributed by atoms with Gasteiger partial charge >= 0.3 is 6.09 Å². The van der Waals surface area contributed by atoms with E-state index in [0.29, 0.717) is 5.92 Å². The van der Waals surface area contributed by atoms with Crippen molar-refractivity contribution in [2.24, 2.45) is 10.9 Å². The second-order valence-electron chi connectivity index (χ2n) is 9.25. The molecule has 1 unspecified atom stereocenters. The second-order valence-corrected chi connectivity index (χ2v) is 9.25. The quantitative estimate of drug-likeness (QED) is 0.317. The summed E-state index contributed by atoms with van der Waals surface area (Å²) in [6.45, 7) is 19.2. The zero-order chi connectivity index (χ0) is 22.6. The van der Waals surface area contributed by atoms with Crippen LogP contribution in [0.3, 0.4) is 0 Å². The standard InChI is InChI=1S/C22H45N5O3/c1-8-23-20(24-11-9-12-27-14-16-29-17-15-27)26(7)13-10-19(18(2)3)25-21(28)30-22(4,5)6/h18-19H,8-17H2,1-7H3,(H,23,24)(H,25,28). The minimum atomic E-state index is -0.492. The van der Waals surface area contributed by atoms with E-state index in [9.17, 15) is 4.79 Å². The van der Waals surface area contributed by atoms with Gasteiger partial charge in [0, 0.05) is 52.4 Å². The third kappa shape index (κ3) is 11.6. The van der Waals surface area contributed by atoms with Gasteiger partial charge in [0.05, 0.1) is 13.2 Å². The second kappa shape index (κ2) is 13.7. The number of guanidine groups is 1. The van der Waals surface area contributed by atoms with Crippen LogP contribution in [0.15, 0.2) is 4.99 Å². The van der Waals surface area contributed by atoms with E-state index in [1.54, 1.807) is 0 Å². The minimum Gasteiger partial charge on any atom is -0.444 e. The van der Waals surface area contributed by atoms with E-state index in [4.69, 9.17) is 14.5 Å². The molecule has 0 aromatic rings. The van der Waals surface area contributed by atoms with Crippen molar-refractivity contribution >= 4 is 12.1 Å². The summed E-state index contributed by atoms with van der Waals surface area (Å²) in [5, 5.41) is 6.40. The molecule has 1 aliphatic rings. The van der Waals surface area contributed by atoms with Gasteiger partial charge in [-0.05, 0) is 46.5 Å². The first-order chi connectivity index (χ1) is 14.1. The molecule has 8 heteroatoms. The molecule has 0 aromatic heterocycles. The lowest BCUT2D eigenvalue weighted by molar-refractivity contribution is 0.0377. The van der Waals surface area contributed by atoms with Gasteiger partial charge in [-0.1, -0.05) is 13.8 Å². The molecule has 0 radical (unpaired) electrons. The lowest BCUT2D eigenvalue weighted by atomic mass is 10.0. The third-order valence-electron chi connectivity index (χ3n) is 4.98. The molecule has 1 heterocycles. The van der Waals surface area contributed by atoms with Gasteiger partial charge in [0.1, 0.15) is 5.60 Å². The largest absolute Gasteiger partial charge is 0.444 e. The Bertz CT molecular complexity index is 513. The van der Waals surface area contributed by atoms with Gasteiger partial charge in [-0.3, -0.25) is 9.89 Å². The van der Waals surface area contributed by atoms with Crippen molar-refractivity contribution in [2.75, 3.05) is 59.5 Å². The van der Waals surface area contributed by atoms with E-state index in [2.05, 4.69) is 41.2 Å². The predicted molar refractivity (Wildman–Crippen MR) is 123 cm³/mol. The first-order valence-electron chi connectivity index (χ1n) is 11.4. The SMILES string of the molecule is CCNC(=NCCCN1CCOCC1)N(C)CCC(NC(=O)OC(C)(C)C)C(C)C. The van der Waals surface area contributed by atoms with Gasteiger partial charge in [-0.15, -0.1) is 0 Å². The van der Waals surface area contributed by atoms with Crippen LogP contribution in [0.2, 0.25) is 0 Å². The molecular formula is C22H45N5O3. The molecule has 2 N–H and O–H groups in total. The molecule has 1 atom stereocenters. The zero-order valence-electron chi connectivity index (χ0n) is 20.3. The Morgan fingerprint density at radius 2 is 1.93 bits per heavy atom. The first kappa shape index (κ1) is 26.5. The minimum absolute atomic E-state index is 0.0477. The summed E-state index contributed by atoms with van der Waals surface area (Å²) >= 11 is 0. The van der Waals surface area contributed by atoms with Crippen molar-refractivity contribution in [3.05, 3.63) is 0 Å². The Labute approximate surface area is 183 Å². The highest BCUT2D eigenvalue weighted by atomic mass is 16.6. The number of hydrogen-bond acceptors (Lipinski definition) is 5. The van der Waals surface area contributed by atoms with Crippen molar-refractivity contribution in [2.45, 2.75) is 66.0 Å². The van der Waals surface area contributed by atoms with E-state index < -0.39 is 5.60 Å². The topological polar surface area (TPSA) is 78.4 Å². The molecule has 1 saturated heterocycles. The average Bonchev–Trinajstić information content (AvgIpc) is 2.66. The van der Waals surface area contributed by atoms with Crippen LogP contribution in [0.1, 0.15) is 54.4 Å². The lowest BCUT2D eigenvalue weighted by Gasteiger charge is -2.29. The maximum atomic E-state index is 12.2. The van der Waals surface area contributed by atoms with Crippen LogP contribution >= 0.6 is 0 Å². The van der Waals surface area contributed by atoms with Crippen LogP contribution in [-0.2, 0) is 9.47 Å². The van der Waals surface area contributed by atoms with E-state index >= 15 is 0 Å². The monoisotopic (exact) mass is 427 g/mol. The van der Waals surface area contributed by atoms with Gasteiger partial charge in [0.25, 0.3) is 0 Å². The van der Waals surface area contributed by atoms with Crippen LogP contribution in [0.5, 0.6) is 0 Å². The number of amides is 1. The van der Waals surface area contributed by atoms with Crippen molar-refractivity contribution < 1.29 is 14.3 Å². The third-order valence-corrected chi connectivity index (χ3v) is 4.98. The van der Waals surface area contributed by atoms with E-state index in [0.717, 1.165) is 71.3 Å². The van der Waals surface area contributed by atoms with Crippen LogP contribution in [0.4, 0.5) is 4.79 Å². The van der Waals surface area contributed by atoms with Gasteiger partial charge in [0.2, 0.25) is 0 Å². The van der Waals surface area contributed by atoms with Crippen molar-refractivity contribution in [3.63, 3.8) is 0 Å². The molecule has 0 aromatic carbocycles. The summed E-state index contributed by atoms with van der Waals surface area (Å²) in [5.74, 6) is 1.23. The number of nitrogens with one attached hydrogen (secondary N) is 2. The number of ether oxygens (including phenoxy) is 2. The number of alkyl carbamates (subject to hydrolysis) is 1. The normalized spacial score (nSPS) is 17.0. The van der Waals surface area contributed by atoms with Crippen LogP contribution < -0.4 is 10.6 Å². The van der Waals surface area contributed by atoms with Crippen LogP contribution in [0, 0.1) is 5.92 Å². The molecule has 0 spiro atoms. The van der Waals surface area contributed by atoms with E-state index in [1.165, 1.54) is 0 Å². The molecule has 0 bridgehead atoms. The molecule has 1 amide bonds. The molecule has 30 heavy (non-hydrogen) atoms. The van der Waals surface area contributed by atoms with Gasteiger partial charge in [0.15, 0.2) is 5.96 Å². The van der Waals surface area contributed by atoms with Crippen molar-refractivity contribution in [3.8, 4) is 0 Å². The highest BCUT2D eigenvalue weighted by Gasteiger charge is 2.22. The number of morpholine rings is 1. The number of carbonyl (C=O) groups is 1. The number of rotatable bonds is 10. The maximum Gasteiger partial charge on any atom is 0.407 e. The molecule has 0 aliphatic carbocycles. The number of nitrogens with zero attached hydrogens (tertiary/aromatic N) is 3. The smallest absolute Gasteiger partial charge is 0.407 e. The highest BCUT2D eigenvalue weighted by molar-refractivity contribution is 5.79. The fourth-order valence-corrected chi connectivity index (χ4v) is 3.24. The molecule has 176 valence electrons. The summed E-state index contributed by atoms with van der Waals surface area (Å²) in [6, 6.07) is 0.0477. The van der Waals surface area contributed by atoms with E-state index in [1.807, 2.05) is 27.8 Å². The van der Waals surface area contributed by atoms with Crippen molar-refractivity contribution in [1.82, 2.24) is 20.4 Å². The first-order valence-corrected chi connectivity index (χ1v) is 11.4. The van der Waals surface area contributed by atoms with Crippen LogP contribution in [0.25, 0.3) is 0 Å². The highest BCUT2D eigenvalue weighted by Crippen LogP contribution is 2.11. The molecular weight excluding hydrogens is 382 g/mol. The molecule has 1 aliphatic heterocycles. The Morgan fingerprint density at radius 3 is 2.50 bits per heavy atom. The Balaban J connectivity index is 2.49. The maximum absolute atomic E-state index is 12.2. The summed E-state index contributed by atoms with van der Waals surface area (Å²) < 4.78 is 10.8. The summed E-state index contributed by atoms with van der Waals surface area (Å²) in [7, 11) is 2.05. The number of hydrogen-bond donors (Lipinski definition) is 2. The predicted octanol–water partition coefficient (Wildman–Crippen LogP) is 2.55. The molecule has 1 fully saturated rings. The zero-order valence-corrected chi connectivity index (χ0v) is 20.3. The Kier molecular flexibility index (Phi) is 12.1. The van der Waals surface area contributed by atoms with Gasteiger partial charge < -0.3 is 25.0 Å². The lowest BCUT2D eigenvalue weighted by Crippen LogP contribution is -2.45. The van der Waals surface area contributed by atoms with Crippen molar-refractivity contribution in [1.29, 1.82) is 0 Å². The summed E-state index contributed by atoms with van der Waals surface area (Å²) in [5.41, 5.74) is -0.492. The van der Waals surface area contributed by atoms with Crippen LogP contribution in [-0.4, -0.2) is 93.0 Å². The van der Waals surface area contributed by atoms with Gasteiger partial charge in [-0.2, -0.15) is 0 Å². The Hall–Kier alpha value is -1.54. The number of aliphatic imine (C=N–C) groups is 1. The van der Waals surface area contributed by atoms with Gasteiger partial charge in [-0.25, -0.2) is 4.79 Å². The fraction of sp³-hybridized carbons (Fsp3) is 0.909. The number of carbonyl (C=O) groups excluding carboxylic acids is 1. The summed E-state index contributed by atoms with van der Waals surface area (Å²) in [4.78, 5) is 21.5. The molecule has 8 nitrogen and oxygen atoms in total. The molecule has 0 saturated carbocycles. The molecule has 1 rings (SSSR count).